The van der Waals surface area contributed by atoms with Crippen LogP contribution < -0.4 is 5.73 Å². The smallest absolute Gasteiger partial charge is 0.0223 e. The molecule has 14 heavy (non-hydrogen) atoms. The van der Waals surface area contributed by atoms with E-state index < -0.39 is 0 Å². The van der Waals surface area contributed by atoms with Crippen LogP contribution in [-0.2, 0) is 0 Å². The van der Waals surface area contributed by atoms with Gasteiger partial charge in [-0.15, -0.1) is 0 Å². The molecule has 0 bridgehead atoms. The first-order valence-corrected chi connectivity index (χ1v) is 5.97. The standard InChI is InChI=1S/C11H23N3/c1-10(12)8-13-5-3-7-14-6-2-4-11(14)9-13/h10-11H,2-9,12H2,1H3. The van der Waals surface area contributed by atoms with Crippen molar-refractivity contribution < 1.29 is 0 Å². The van der Waals surface area contributed by atoms with Crippen molar-refractivity contribution in [1.82, 2.24) is 9.80 Å². The summed E-state index contributed by atoms with van der Waals surface area (Å²) in [5.41, 5.74) is 5.86. The minimum absolute atomic E-state index is 0.322. The number of fused-ring (bicyclic) bond motifs is 1. The molecule has 3 heteroatoms. The topological polar surface area (TPSA) is 32.5 Å². The van der Waals surface area contributed by atoms with Gasteiger partial charge < -0.3 is 10.6 Å². The number of hydrogen-bond donors (Lipinski definition) is 1. The van der Waals surface area contributed by atoms with E-state index >= 15 is 0 Å². The Bertz CT molecular complexity index is 181. The van der Waals surface area contributed by atoms with E-state index in [-0.39, 0.29) is 0 Å². The molecule has 2 unspecified atom stereocenters. The van der Waals surface area contributed by atoms with Gasteiger partial charge >= 0.3 is 0 Å². The Morgan fingerprint density at radius 2 is 2.07 bits per heavy atom. The maximum atomic E-state index is 5.86. The molecule has 0 aromatic heterocycles. The summed E-state index contributed by atoms with van der Waals surface area (Å²) < 4.78 is 0. The molecule has 0 aromatic rings. The molecule has 3 nitrogen and oxygen atoms in total. The Kier molecular flexibility index (Phi) is 3.42. The van der Waals surface area contributed by atoms with Gasteiger partial charge in [-0.3, -0.25) is 4.90 Å². The minimum atomic E-state index is 0.322. The Morgan fingerprint density at radius 1 is 1.29 bits per heavy atom. The first kappa shape index (κ1) is 10.4. The van der Waals surface area contributed by atoms with Crippen LogP contribution in [0.5, 0.6) is 0 Å². The van der Waals surface area contributed by atoms with Crippen LogP contribution in [-0.4, -0.2) is 54.6 Å². The van der Waals surface area contributed by atoms with Crippen molar-refractivity contribution in [2.45, 2.75) is 38.3 Å². The van der Waals surface area contributed by atoms with Gasteiger partial charge in [0.05, 0.1) is 0 Å². The SMILES string of the molecule is CC(N)CN1CCCN2CCCC2C1. The lowest BCUT2D eigenvalue weighted by molar-refractivity contribution is 0.215. The summed E-state index contributed by atoms with van der Waals surface area (Å²) in [4.78, 5) is 5.22. The molecule has 2 rings (SSSR count). The van der Waals surface area contributed by atoms with Crippen molar-refractivity contribution in [3.63, 3.8) is 0 Å². The molecular formula is C11H23N3. The van der Waals surface area contributed by atoms with E-state index in [0.29, 0.717) is 6.04 Å². The van der Waals surface area contributed by atoms with Gasteiger partial charge in [0.1, 0.15) is 0 Å². The lowest BCUT2D eigenvalue weighted by Crippen LogP contribution is -2.41. The lowest BCUT2D eigenvalue weighted by Gasteiger charge is -2.26. The first-order chi connectivity index (χ1) is 6.75. The monoisotopic (exact) mass is 197 g/mol. The van der Waals surface area contributed by atoms with Gasteiger partial charge in [-0.1, -0.05) is 0 Å². The molecule has 0 aliphatic carbocycles. The van der Waals surface area contributed by atoms with E-state index in [0.717, 1.165) is 12.6 Å². The quantitative estimate of drug-likeness (QED) is 0.700. The summed E-state index contributed by atoms with van der Waals surface area (Å²) in [7, 11) is 0. The molecule has 2 aliphatic heterocycles. The molecule has 2 atom stereocenters. The summed E-state index contributed by atoms with van der Waals surface area (Å²) >= 11 is 0. The molecule has 2 saturated heterocycles. The van der Waals surface area contributed by atoms with Gasteiger partial charge in [0, 0.05) is 25.2 Å². The van der Waals surface area contributed by atoms with Crippen molar-refractivity contribution in [2.75, 3.05) is 32.7 Å². The van der Waals surface area contributed by atoms with Gasteiger partial charge in [0.2, 0.25) is 0 Å². The maximum Gasteiger partial charge on any atom is 0.0223 e. The third-order valence-electron chi connectivity index (χ3n) is 3.43. The summed E-state index contributed by atoms with van der Waals surface area (Å²) in [6, 6.07) is 1.15. The van der Waals surface area contributed by atoms with Crippen molar-refractivity contribution in [1.29, 1.82) is 0 Å². The maximum absolute atomic E-state index is 5.86. The van der Waals surface area contributed by atoms with Gasteiger partial charge in [-0.2, -0.15) is 0 Å². The average Bonchev–Trinajstić information content (AvgIpc) is 2.44. The largest absolute Gasteiger partial charge is 0.327 e. The zero-order valence-electron chi connectivity index (χ0n) is 9.28. The molecule has 2 heterocycles. The van der Waals surface area contributed by atoms with Crippen molar-refractivity contribution >= 4 is 0 Å². The summed E-state index contributed by atoms with van der Waals surface area (Å²) in [5, 5.41) is 0. The summed E-state index contributed by atoms with van der Waals surface area (Å²) in [5.74, 6) is 0. The fraction of sp³-hybridized carbons (Fsp3) is 1.00. The van der Waals surface area contributed by atoms with E-state index in [9.17, 15) is 0 Å². The molecule has 0 aromatic carbocycles. The van der Waals surface area contributed by atoms with Gasteiger partial charge in [-0.05, 0) is 45.8 Å². The van der Waals surface area contributed by atoms with Gasteiger partial charge in [0.25, 0.3) is 0 Å². The Balaban J connectivity index is 1.88. The van der Waals surface area contributed by atoms with Gasteiger partial charge in [0.15, 0.2) is 0 Å². The van der Waals surface area contributed by atoms with E-state index in [2.05, 4.69) is 16.7 Å². The van der Waals surface area contributed by atoms with E-state index in [1.807, 2.05) is 0 Å². The van der Waals surface area contributed by atoms with Crippen LogP contribution in [0.4, 0.5) is 0 Å². The summed E-state index contributed by atoms with van der Waals surface area (Å²) in [6.45, 7) is 8.31. The molecule has 2 N–H and O–H groups in total. The predicted molar refractivity (Wildman–Crippen MR) is 59.3 cm³/mol. The van der Waals surface area contributed by atoms with Crippen LogP contribution in [0, 0.1) is 0 Å². The second-order valence-corrected chi connectivity index (χ2v) is 4.92. The van der Waals surface area contributed by atoms with Crippen LogP contribution in [0.25, 0.3) is 0 Å². The molecule has 2 fully saturated rings. The normalized spacial score (nSPS) is 32.6. The highest BCUT2D eigenvalue weighted by molar-refractivity contribution is 4.85. The Morgan fingerprint density at radius 3 is 2.86 bits per heavy atom. The molecule has 82 valence electrons. The Labute approximate surface area is 87.2 Å². The molecule has 0 spiro atoms. The van der Waals surface area contributed by atoms with Crippen LogP contribution in [0.2, 0.25) is 0 Å². The van der Waals surface area contributed by atoms with Crippen molar-refractivity contribution in [3.8, 4) is 0 Å². The Hall–Kier alpha value is -0.120. The predicted octanol–water partition coefficient (Wildman–Crippen LogP) is 0.504. The van der Waals surface area contributed by atoms with E-state index in [4.69, 9.17) is 5.73 Å². The van der Waals surface area contributed by atoms with Crippen LogP contribution in [0.1, 0.15) is 26.2 Å². The average molecular weight is 197 g/mol. The van der Waals surface area contributed by atoms with Gasteiger partial charge in [-0.25, -0.2) is 0 Å². The van der Waals surface area contributed by atoms with Crippen molar-refractivity contribution in [3.05, 3.63) is 0 Å². The minimum Gasteiger partial charge on any atom is -0.327 e. The number of nitrogens with two attached hydrogens (primary N) is 1. The third kappa shape index (κ3) is 2.47. The third-order valence-corrected chi connectivity index (χ3v) is 3.43. The molecule has 2 aliphatic rings. The van der Waals surface area contributed by atoms with E-state index in [1.165, 1.54) is 45.4 Å². The van der Waals surface area contributed by atoms with Crippen molar-refractivity contribution in [2.24, 2.45) is 5.73 Å². The molecule has 0 amide bonds. The zero-order valence-corrected chi connectivity index (χ0v) is 9.28. The van der Waals surface area contributed by atoms with Crippen LogP contribution in [0.15, 0.2) is 0 Å². The highest BCUT2D eigenvalue weighted by atomic mass is 15.3. The summed E-state index contributed by atoms with van der Waals surface area (Å²) in [6.07, 6.45) is 4.12. The highest BCUT2D eigenvalue weighted by Gasteiger charge is 2.28. The molecule has 0 saturated carbocycles. The fourth-order valence-corrected chi connectivity index (χ4v) is 2.86. The number of hydrogen-bond acceptors (Lipinski definition) is 3. The van der Waals surface area contributed by atoms with Crippen LogP contribution in [0.3, 0.4) is 0 Å². The second-order valence-electron chi connectivity index (χ2n) is 4.92. The number of rotatable bonds is 2. The highest BCUT2D eigenvalue weighted by Crippen LogP contribution is 2.21. The fourth-order valence-electron chi connectivity index (χ4n) is 2.86. The lowest BCUT2D eigenvalue weighted by atomic mass is 10.2. The molecular weight excluding hydrogens is 174 g/mol. The zero-order chi connectivity index (χ0) is 9.97. The van der Waals surface area contributed by atoms with Crippen LogP contribution >= 0.6 is 0 Å². The van der Waals surface area contributed by atoms with E-state index in [1.54, 1.807) is 0 Å². The second kappa shape index (κ2) is 4.60. The first-order valence-electron chi connectivity index (χ1n) is 5.97. The number of nitrogens with zero attached hydrogens (tertiary/aromatic N) is 2. The molecule has 0 radical (unpaired) electrons.